The summed E-state index contributed by atoms with van der Waals surface area (Å²) in [5.74, 6) is -0.159. The van der Waals surface area contributed by atoms with Crippen molar-refractivity contribution in [3.8, 4) is 0 Å². The van der Waals surface area contributed by atoms with Crippen LogP contribution in [0.2, 0.25) is 0 Å². The maximum atomic E-state index is 13.1. The molecule has 0 aliphatic carbocycles. The van der Waals surface area contributed by atoms with E-state index in [2.05, 4.69) is 22.9 Å². The maximum Gasteiger partial charge on any atom is 0.123 e. The molecule has 88 valence electrons. The Morgan fingerprint density at radius 3 is 2.94 bits per heavy atom. The third kappa shape index (κ3) is 2.30. The van der Waals surface area contributed by atoms with E-state index in [1.807, 2.05) is 6.07 Å². The van der Waals surface area contributed by atoms with Gasteiger partial charge in [-0.2, -0.15) is 0 Å². The molecule has 1 aliphatic heterocycles. The number of alkyl halides is 1. The average Bonchev–Trinajstić information content (AvgIpc) is 2.61. The molecule has 0 N–H and O–H groups in total. The molecular formula is C13H16BrFO. The zero-order valence-corrected chi connectivity index (χ0v) is 11.0. The van der Waals surface area contributed by atoms with Crippen LogP contribution >= 0.6 is 15.9 Å². The van der Waals surface area contributed by atoms with Crippen molar-refractivity contribution in [3.05, 3.63) is 35.6 Å². The van der Waals surface area contributed by atoms with Crippen molar-refractivity contribution in [1.29, 1.82) is 0 Å². The van der Waals surface area contributed by atoms with Crippen LogP contribution in [-0.2, 0) is 11.2 Å². The Hall–Kier alpha value is -0.410. The number of halogens is 2. The van der Waals surface area contributed by atoms with Crippen LogP contribution < -0.4 is 0 Å². The largest absolute Gasteiger partial charge is 0.378 e. The molecule has 1 saturated heterocycles. The summed E-state index contributed by atoms with van der Waals surface area (Å²) >= 11 is 3.58. The van der Waals surface area contributed by atoms with Gasteiger partial charge in [0, 0.05) is 17.4 Å². The Kier molecular flexibility index (Phi) is 3.65. The lowest BCUT2D eigenvalue weighted by molar-refractivity contribution is 0.0746. The number of ether oxygens (including phenoxy) is 1. The lowest BCUT2D eigenvalue weighted by atomic mass is 9.78. The fourth-order valence-corrected chi connectivity index (χ4v) is 3.26. The quantitative estimate of drug-likeness (QED) is 0.772. The van der Waals surface area contributed by atoms with Crippen LogP contribution in [0.3, 0.4) is 0 Å². The Morgan fingerprint density at radius 1 is 1.56 bits per heavy atom. The van der Waals surface area contributed by atoms with Crippen LogP contribution in [0.25, 0.3) is 0 Å². The summed E-state index contributed by atoms with van der Waals surface area (Å²) in [5.41, 5.74) is 1.17. The van der Waals surface area contributed by atoms with Gasteiger partial charge in [-0.15, -0.1) is 0 Å². The summed E-state index contributed by atoms with van der Waals surface area (Å²) in [5, 5.41) is 0.900. The van der Waals surface area contributed by atoms with Gasteiger partial charge in [0.1, 0.15) is 5.82 Å². The van der Waals surface area contributed by atoms with Crippen molar-refractivity contribution in [2.45, 2.75) is 25.9 Å². The van der Waals surface area contributed by atoms with Gasteiger partial charge in [-0.3, -0.25) is 0 Å². The molecule has 0 saturated carbocycles. The van der Waals surface area contributed by atoms with Crippen molar-refractivity contribution >= 4 is 15.9 Å². The highest BCUT2D eigenvalue weighted by molar-refractivity contribution is 9.09. The summed E-state index contributed by atoms with van der Waals surface area (Å²) in [7, 11) is 0. The van der Waals surface area contributed by atoms with E-state index in [4.69, 9.17) is 4.74 Å². The zero-order valence-electron chi connectivity index (χ0n) is 9.38. The standard InChI is InChI=1S/C13H16BrFO/c1-10-13(9-14,5-6-16-10)8-11-3-2-4-12(15)7-11/h2-4,7,10H,5-6,8-9H2,1H3. The van der Waals surface area contributed by atoms with Gasteiger partial charge in [0.15, 0.2) is 0 Å². The van der Waals surface area contributed by atoms with Crippen LogP contribution in [0.5, 0.6) is 0 Å². The predicted octanol–water partition coefficient (Wildman–Crippen LogP) is 3.56. The van der Waals surface area contributed by atoms with Crippen molar-refractivity contribution in [3.63, 3.8) is 0 Å². The molecule has 1 heterocycles. The SMILES string of the molecule is CC1OCCC1(CBr)Cc1cccc(F)c1. The summed E-state index contributed by atoms with van der Waals surface area (Å²) in [4.78, 5) is 0. The molecule has 1 aromatic carbocycles. The molecular weight excluding hydrogens is 271 g/mol. The number of rotatable bonds is 3. The molecule has 1 aromatic rings. The van der Waals surface area contributed by atoms with Crippen LogP contribution in [0.1, 0.15) is 18.9 Å². The monoisotopic (exact) mass is 286 g/mol. The summed E-state index contributed by atoms with van der Waals surface area (Å²) in [6, 6.07) is 6.86. The minimum atomic E-state index is -0.159. The predicted molar refractivity (Wildman–Crippen MR) is 66.4 cm³/mol. The van der Waals surface area contributed by atoms with Gasteiger partial charge in [0.2, 0.25) is 0 Å². The van der Waals surface area contributed by atoms with Crippen molar-refractivity contribution < 1.29 is 9.13 Å². The Morgan fingerprint density at radius 2 is 2.38 bits per heavy atom. The van der Waals surface area contributed by atoms with E-state index in [1.54, 1.807) is 12.1 Å². The molecule has 2 atom stereocenters. The van der Waals surface area contributed by atoms with E-state index in [9.17, 15) is 4.39 Å². The first-order valence-corrected chi connectivity index (χ1v) is 6.70. The number of benzene rings is 1. The van der Waals surface area contributed by atoms with Gasteiger partial charge >= 0.3 is 0 Å². The Balaban J connectivity index is 2.18. The van der Waals surface area contributed by atoms with Gasteiger partial charge in [0.25, 0.3) is 0 Å². The molecule has 0 radical (unpaired) electrons. The molecule has 0 spiro atoms. The molecule has 1 aliphatic rings. The minimum absolute atomic E-state index is 0.119. The van der Waals surface area contributed by atoms with Crippen LogP contribution in [0.4, 0.5) is 4.39 Å². The highest BCUT2D eigenvalue weighted by atomic mass is 79.9. The molecule has 16 heavy (non-hydrogen) atoms. The second kappa shape index (κ2) is 4.84. The van der Waals surface area contributed by atoms with E-state index in [0.717, 1.165) is 30.3 Å². The lowest BCUT2D eigenvalue weighted by Crippen LogP contribution is -2.32. The molecule has 1 nitrogen and oxygen atoms in total. The maximum absolute atomic E-state index is 13.1. The lowest BCUT2D eigenvalue weighted by Gasteiger charge is -2.30. The third-order valence-corrected chi connectivity index (χ3v) is 4.66. The molecule has 0 bridgehead atoms. The summed E-state index contributed by atoms with van der Waals surface area (Å²) in [6.07, 6.45) is 2.14. The highest BCUT2D eigenvalue weighted by Crippen LogP contribution is 2.39. The zero-order chi connectivity index (χ0) is 11.6. The first-order valence-electron chi connectivity index (χ1n) is 5.58. The van der Waals surface area contributed by atoms with Crippen molar-refractivity contribution in [2.24, 2.45) is 5.41 Å². The van der Waals surface area contributed by atoms with Crippen LogP contribution in [0, 0.1) is 11.2 Å². The summed E-state index contributed by atoms with van der Waals surface area (Å²) in [6.45, 7) is 2.91. The minimum Gasteiger partial charge on any atom is -0.378 e. The Labute approximate surface area is 104 Å². The van der Waals surface area contributed by atoms with Gasteiger partial charge in [0.05, 0.1) is 6.10 Å². The molecule has 1 fully saturated rings. The van der Waals surface area contributed by atoms with Gasteiger partial charge in [-0.25, -0.2) is 4.39 Å². The van der Waals surface area contributed by atoms with Crippen molar-refractivity contribution in [1.82, 2.24) is 0 Å². The number of hydrogen-bond acceptors (Lipinski definition) is 1. The molecule has 3 heteroatoms. The van der Waals surface area contributed by atoms with Gasteiger partial charge in [-0.1, -0.05) is 28.1 Å². The first kappa shape index (κ1) is 12.1. The topological polar surface area (TPSA) is 9.23 Å². The van der Waals surface area contributed by atoms with Crippen LogP contribution in [-0.4, -0.2) is 18.0 Å². The van der Waals surface area contributed by atoms with Crippen LogP contribution in [0.15, 0.2) is 24.3 Å². The Bertz CT molecular complexity index is 369. The molecule has 2 unspecified atom stereocenters. The normalized spacial score (nSPS) is 29.6. The highest BCUT2D eigenvalue weighted by Gasteiger charge is 2.40. The van der Waals surface area contributed by atoms with E-state index in [1.165, 1.54) is 6.07 Å². The first-order chi connectivity index (χ1) is 7.66. The van der Waals surface area contributed by atoms with E-state index in [-0.39, 0.29) is 17.3 Å². The fourth-order valence-electron chi connectivity index (χ4n) is 2.33. The van der Waals surface area contributed by atoms with E-state index in [0.29, 0.717) is 0 Å². The molecule has 0 aromatic heterocycles. The van der Waals surface area contributed by atoms with Crippen molar-refractivity contribution in [2.75, 3.05) is 11.9 Å². The van der Waals surface area contributed by atoms with Gasteiger partial charge in [-0.05, 0) is 37.5 Å². The third-order valence-electron chi connectivity index (χ3n) is 3.54. The second-order valence-electron chi connectivity index (χ2n) is 4.57. The second-order valence-corrected chi connectivity index (χ2v) is 5.13. The molecule has 0 amide bonds. The molecule has 2 rings (SSSR count). The van der Waals surface area contributed by atoms with E-state index >= 15 is 0 Å². The number of hydrogen-bond donors (Lipinski definition) is 0. The van der Waals surface area contributed by atoms with E-state index < -0.39 is 0 Å². The smallest absolute Gasteiger partial charge is 0.123 e. The summed E-state index contributed by atoms with van der Waals surface area (Å²) < 4.78 is 18.8. The van der Waals surface area contributed by atoms with Gasteiger partial charge < -0.3 is 4.74 Å². The average molecular weight is 287 g/mol. The fraction of sp³-hybridized carbons (Fsp3) is 0.538.